The SMILES string of the molecule is Nc1cc(C(=O)NCc2ccncn2)n(C2CC2)c1. The molecule has 2 heterocycles. The predicted molar refractivity (Wildman–Crippen MR) is 70.3 cm³/mol. The maximum absolute atomic E-state index is 12.2. The van der Waals surface area contributed by atoms with Gasteiger partial charge in [0, 0.05) is 18.4 Å². The van der Waals surface area contributed by atoms with E-state index in [1.54, 1.807) is 18.3 Å². The van der Waals surface area contributed by atoms with Crippen molar-refractivity contribution >= 4 is 11.6 Å². The highest BCUT2D eigenvalue weighted by Crippen LogP contribution is 2.37. The van der Waals surface area contributed by atoms with Crippen molar-refractivity contribution in [2.45, 2.75) is 25.4 Å². The number of nitrogens with one attached hydrogen (secondary N) is 1. The number of carbonyl (C=O) groups is 1. The number of hydrogen-bond acceptors (Lipinski definition) is 4. The number of carbonyl (C=O) groups excluding carboxylic acids is 1. The summed E-state index contributed by atoms with van der Waals surface area (Å²) in [5.74, 6) is -0.123. The highest BCUT2D eigenvalue weighted by Gasteiger charge is 2.27. The topological polar surface area (TPSA) is 85.8 Å². The smallest absolute Gasteiger partial charge is 0.268 e. The Morgan fingerprint density at radius 3 is 3.05 bits per heavy atom. The van der Waals surface area contributed by atoms with Crippen LogP contribution >= 0.6 is 0 Å². The van der Waals surface area contributed by atoms with Crippen LogP contribution in [0.25, 0.3) is 0 Å². The molecule has 3 N–H and O–H groups in total. The fourth-order valence-electron chi connectivity index (χ4n) is 2.02. The number of rotatable bonds is 4. The Morgan fingerprint density at radius 1 is 1.53 bits per heavy atom. The number of nitrogen functional groups attached to an aromatic ring is 1. The highest BCUT2D eigenvalue weighted by molar-refractivity contribution is 5.93. The molecule has 0 spiro atoms. The van der Waals surface area contributed by atoms with Crippen LogP contribution in [0, 0.1) is 0 Å². The molecule has 1 aliphatic rings. The molecule has 1 amide bonds. The Balaban J connectivity index is 1.70. The van der Waals surface area contributed by atoms with E-state index in [0.29, 0.717) is 24.0 Å². The van der Waals surface area contributed by atoms with Gasteiger partial charge in [-0.05, 0) is 25.0 Å². The molecule has 19 heavy (non-hydrogen) atoms. The minimum atomic E-state index is -0.123. The molecule has 0 saturated heterocycles. The molecule has 0 unspecified atom stereocenters. The first-order valence-electron chi connectivity index (χ1n) is 6.24. The number of amides is 1. The maximum atomic E-state index is 12.2. The monoisotopic (exact) mass is 257 g/mol. The first-order valence-corrected chi connectivity index (χ1v) is 6.24. The Bertz CT molecular complexity index is 588. The summed E-state index contributed by atoms with van der Waals surface area (Å²) in [5.41, 5.74) is 7.79. The highest BCUT2D eigenvalue weighted by atomic mass is 16.1. The first kappa shape index (κ1) is 11.7. The van der Waals surface area contributed by atoms with Gasteiger partial charge >= 0.3 is 0 Å². The van der Waals surface area contributed by atoms with Crippen LogP contribution in [-0.2, 0) is 6.54 Å². The van der Waals surface area contributed by atoms with Crippen LogP contribution in [0.2, 0.25) is 0 Å². The van der Waals surface area contributed by atoms with Crippen LogP contribution in [0.3, 0.4) is 0 Å². The number of aromatic nitrogens is 3. The van der Waals surface area contributed by atoms with Gasteiger partial charge in [0.2, 0.25) is 0 Å². The van der Waals surface area contributed by atoms with Gasteiger partial charge in [-0.2, -0.15) is 0 Å². The van der Waals surface area contributed by atoms with Crippen molar-refractivity contribution in [3.05, 3.63) is 42.2 Å². The molecule has 1 aliphatic carbocycles. The van der Waals surface area contributed by atoms with Gasteiger partial charge in [0.25, 0.3) is 5.91 Å². The van der Waals surface area contributed by atoms with Crippen molar-refractivity contribution in [3.8, 4) is 0 Å². The van der Waals surface area contributed by atoms with Crippen LogP contribution in [0.1, 0.15) is 35.1 Å². The third-order valence-electron chi connectivity index (χ3n) is 3.12. The average molecular weight is 257 g/mol. The van der Waals surface area contributed by atoms with E-state index in [9.17, 15) is 4.79 Å². The molecule has 1 fully saturated rings. The summed E-state index contributed by atoms with van der Waals surface area (Å²) in [7, 11) is 0. The molecule has 6 heteroatoms. The zero-order chi connectivity index (χ0) is 13.2. The molecular formula is C13H15N5O. The van der Waals surface area contributed by atoms with Crippen molar-refractivity contribution in [1.29, 1.82) is 0 Å². The zero-order valence-electron chi connectivity index (χ0n) is 10.4. The lowest BCUT2D eigenvalue weighted by Gasteiger charge is -2.08. The molecule has 2 aromatic rings. The number of hydrogen-bond donors (Lipinski definition) is 2. The lowest BCUT2D eigenvalue weighted by Crippen LogP contribution is -2.25. The van der Waals surface area contributed by atoms with Crippen LogP contribution in [0.15, 0.2) is 30.9 Å². The summed E-state index contributed by atoms with van der Waals surface area (Å²) in [6.07, 6.45) is 7.17. The third-order valence-corrected chi connectivity index (χ3v) is 3.12. The van der Waals surface area contributed by atoms with Gasteiger partial charge in [-0.3, -0.25) is 4.79 Å². The molecule has 0 radical (unpaired) electrons. The first-order chi connectivity index (χ1) is 9.24. The fourth-order valence-corrected chi connectivity index (χ4v) is 2.02. The molecule has 3 rings (SSSR count). The van der Waals surface area contributed by atoms with Gasteiger partial charge in [-0.25, -0.2) is 9.97 Å². The second-order valence-corrected chi connectivity index (χ2v) is 4.68. The van der Waals surface area contributed by atoms with Crippen molar-refractivity contribution in [1.82, 2.24) is 19.9 Å². The summed E-state index contributed by atoms with van der Waals surface area (Å²) >= 11 is 0. The predicted octanol–water partition coefficient (Wildman–Crippen LogP) is 1.13. The van der Waals surface area contributed by atoms with Gasteiger partial charge < -0.3 is 15.6 Å². The van der Waals surface area contributed by atoms with E-state index in [4.69, 9.17) is 5.73 Å². The van der Waals surface area contributed by atoms with E-state index < -0.39 is 0 Å². The summed E-state index contributed by atoms with van der Waals surface area (Å²) in [4.78, 5) is 20.1. The summed E-state index contributed by atoms with van der Waals surface area (Å²) < 4.78 is 1.96. The minimum Gasteiger partial charge on any atom is -0.397 e. The average Bonchev–Trinajstić information content (AvgIpc) is 3.20. The molecule has 0 bridgehead atoms. The van der Waals surface area contributed by atoms with E-state index >= 15 is 0 Å². The van der Waals surface area contributed by atoms with E-state index in [1.165, 1.54) is 6.33 Å². The lowest BCUT2D eigenvalue weighted by atomic mass is 10.3. The summed E-state index contributed by atoms with van der Waals surface area (Å²) in [6.45, 7) is 0.386. The van der Waals surface area contributed by atoms with E-state index in [1.807, 2.05) is 10.8 Å². The van der Waals surface area contributed by atoms with Gasteiger partial charge in [0.1, 0.15) is 12.0 Å². The molecule has 6 nitrogen and oxygen atoms in total. The van der Waals surface area contributed by atoms with Crippen LogP contribution in [0.5, 0.6) is 0 Å². The number of nitrogens with two attached hydrogens (primary N) is 1. The van der Waals surface area contributed by atoms with Gasteiger partial charge in [-0.15, -0.1) is 0 Å². The number of anilines is 1. The van der Waals surface area contributed by atoms with Gasteiger partial charge in [0.15, 0.2) is 0 Å². The van der Waals surface area contributed by atoms with Crippen molar-refractivity contribution in [3.63, 3.8) is 0 Å². The Labute approximate surface area is 110 Å². The van der Waals surface area contributed by atoms with Crippen LogP contribution in [-0.4, -0.2) is 20.4 Å². The third kappa shape index (κ3) is 2.57. The molecule has 0 atom stereocenters. The molecule has 0 aliphatic heterocycles. The molecule has 0 aromatic carbocycles. The van der Waals surface area contributed by atoms with Crippen LogP contribution in [0.4, 0.5) is 5.69 Å². The standard InChI is InChI=1S/C13H15N5O/c14-9-5-12(18(7-9)11-1-2-11)13(19)16-6-10-3-4-15-8-17-10/h3-5,7-8,11H,1-2,6,14H2,(H,16,19). The maximum Gasteiger partial charge on any atom is 0.268 e. The quantitative estimate of drug-likeness (QED) is 0.859. The zero-order valence-corrected chi connectivity index (χ0v) is 10.4. The number of nitrogens with zero attached hydrogens (tertiary/aromatic N) is 3. The van der Waals surface area contributed by atoms with E-state index in [0.717, 1.165) is 18.5 Å². The largest absolute Gasteiger partial charge is 0.397 e. The van der Waals surface area contributed by atoms with Crippen LogP contribution < -0.4 is 11.1 Å². The lowest BCUT2D eigenvalue weighted by molar-refractivity contribution is 0.0941. The Kier molecular flexibility index (Phi) is 2.91. The molecule has 1 saturated carbocycles. The summed E-state index contributed by atoms with van der Waals surface area (Å²) in [6, 6.07) is 3.92. The Hall–Kier alpha value is -2.37. The molecule has 98 valence electrons. The van der Waals surface area contributed by atoms with Crippen molar-refractivity contribution < 1.29 is 4.79 Å². The normalized spacial score (nSPS) is 14.3. The molecular weight excluding hydrogens is 242 g/mol. The second kappa shape index (κ2) is 4.72. The van der Waals surface area contributed by atoms with Gasteiger partial charge in [0.05, 0.1) is 17.9 Å². The van der Waals surface area contributed by atoms with E-state index in [-0.39, 0.29) is 5.91 Å². The minimum absolute atomic E-state index is 0.123. The fraction of sp³-hybridized carbons (Fsp3) is 0.308. The van der Waals surface area contributed by atoms with Gasteiger partial charge in [-0.1, -0.05) is 0 Å². The second-order valence-electron chi connectivity index (χ2n) is 4.68. The Morgan fingerprint density at radius 2 is 2.37 bits per heavy atom. The van der Waals surface area contributed by atoms with Crippen molar-refractivity contribution in [2.24, 2.45) is 0 Å². The van der Waals surface area contributed by atoms with E-state index in [2.05, 4.69) is 15.3 Å². The molecule has 2 aromatic heterocycles. The summed E-state index contributed by atoms with van der Waals surface area (Å²) in [5, 5.41) is 2.85. The van der Waals surface area contributed by atoms with Crippen molar-refractivity contribution in [2.75, 3.05) is 5.73 Å².